The van der Waals surface area contributed by atoms with Crippen molar-refractivity contribution in [2.24, 2.45) is 0 Å². The maximum Gasteiger partial charge on any atom is 0.301 e. The molecule has 7 rings (SSSR count). The van der Waals surface area contributed by atoms with Gasteiger partial charge in [-0.3, -0.25) is 14.5 Å². The zero-order valence-corrected chi connectivity index (χ0v) is 25.1. The lowest BCUT2D eigenvalue weighted by Crippen LogP contribution is -2.29. The summed E-state index contributed by atoms with van der Waals surface area (Å²) >= 11 is 1.27. The zero-order chi connectivity index (χ0) is 30.9. The highest BCUT2D eigenvalue weighted by Crippen LogP contribution is 2.45. The van der Waals surface area contributed by atoms with Gasteiger partial charge in [-0.05, 0) is 66.6 Å². The van der Waals surface area contributed by atoms with E-state index in [1.165, 1.54) is 16.2 Å². The summed E-state index contributed by atoms with van der Waals surface area (Å²) in [4.78, 5) is 33.5. The Kier molecular flexibility index (Phi) is 7.56. The number of rotatable bonds is 8. The van der Waals surface area contributed by atoms with Crippen LogP contribution in [-0.4, -0.2) is 41.6 Å². The Labute approximate surface area is 262 Å². The molecule has 1 saturated heterocycles. The van der Waals surface area contributed by atoms with Gasteiger partial charge in [0.2, 0.25) is 0 Å². The summed E-state index contributed by atoms with van der Waals surface area (Å²) in [7, 11) is 0. The molecule has 1 N–H and O–H groups in total. The van der Waals surface area contributed by atoms with E-state index in [-0.39, 0.29) is 11.3 Å². The third kappa shape index (κ3) is 5.44. The lowest BCUT2D eigenvalue weighted by Gasteiger charge is -2.23. The van der Waals surface area contributed by atoms with Crippen molar-refractivity contribution < 1.29 is 33.6 Å². The Morgan fingerprint density at radius 3 is 2.44 bits per heavy atom. The van der Waals surface area contributed by atoms with Crippen molar-refractivity contribution in [2.75, 3.05) is 24.7 Å². The number of amides is 1. The number of ketones is 1. The Bertz CT molecular complexity index is 1940. The summed E-state index contributed by atoms with van der Waals surface area (Å²) in [6.07, 6.45) is 0. The summed E-state index contributed by atoms with van der Waals surface area (Å²) in [5.74, 6) is 0.382. The first-order valence-electron chi connectivity index (χ1n) is 14.5. The molecule has 5 aromatic rings. The van der Waals surface area contributed by atoms with Gasteiger partial charge in [-0.15, -0.1) is 0 Å². The first-order valence-corrected chi connectivity index (χ1v) is 15.3. The zero-order valence-electron chi connectivity index (χ0n) is 24.3. The van der Waals surface area contributed by atoms with Gasteiger partial charge in [-0.1, -0.05) is 53.8 Å². The van der Waals surface area contributed by atoms with Gasteiger partial charge < -0.3 is 24.1 Å². The van der Waals surface area contributed by atoms with Crippen molar-refractivity contribution in [1.82, 2.24) is 4.98 Å². The van der Waals surface area contributed by atoms with E-state index in [1.54, 1.807) is 42.5 Å². The standard InChI is InChI=1S/C35H28N2O7S/c1-2-41-25-13-14-26-29(19-25)45-35(36-26)37-31(22-8-11-24(12-9-22)44-20-21-6-4-3-5-7-21)30(33(39)34(37)40)32(38)23-10-15-27-28(18-23)43-17-16-42-27/h3-15,18-19,31,38H,2,16-17,20H2,1H3/b32-30-. The van der Waals surface area contributed by atoms with E-state index in [1.807, 2.05) is 55.5 Å². The molecule has 1 amide bonds. The van der Waals surface area contributed by atoms with Crippen LogP contribution in [0.3, 0.4) is 0 Å². The van der Waals surface area contributed by atoms with Crippen molar-refractivity contribution >= 4 is 44.1 Å². The molecular weight excluding hydrogens is 592 g/mol. The molecule has 1 aromatic heterocycles. The number of aromatic nitrogens is 1. The van der Waals surface area contributed by atoms with Crippen molar-refractivity contribution in [3.05, 3.63) is 113 Å². The van der Waals surface area contributed by atoms with Crippen molar-refractivity contribution in [3.63, 3.8) is 0 Å². The fourth-order valence-corrected chi connectivity index (χ4v) is 6.45. The minimum atomic E-state index is -0.951. The Morgan fingerprint density at radius 2 is 1.67 bits per heavy atom. The minimum absolute atomic E-state index is 0.0520. The second kappa shape index (κ2) is 12.0. The second-order valence-corrected chi connectivity index (χ2v) is 11.4. The topological polar surface area (TPSA) is 107 Å². The van der Waals surface area contributed by atoms with Gasteiger partial charge in [0.1, 0.15) is 37.1 Å². The van der Waals surface area contributed by atoms with Gasteiger partial charge >= 0.3 is 5.91 Å². The Balaban J connectivity index is 1.30. The number of aliphatic hydroxyl groups excluding tert-OH is 1. The number of fused-ring (bicyclic) bond motifs is 2. The summed E-state index contributed by atoms with van der Waals surface area (Å²) in [5, 5.41) is 12.0. The lowest BCUT2D eigenvalue weighted by molar-refractivity contribution is -0.132. The molecule has 2 aliphatic heterocycles. The summed E-state index contributed by atoms with van der Waals surface area (Å²) in [6.45, 7) is 3.59. The van der Waals surface area contributed by atoms with E-state index >= 15 is 0 Å². The number of hydrogen-bond donors (Lipinski definition) is 1. The molecule has 10 heteroatoms. The Hall–Kier alpha value is -5.35. The lowest BCUT2D eigenvalue weighted by atomic mass is 9.95. The van der Waals surface area contributed by atoms with E-state index in [4.69, 9.17) is 23.9 Å². The number of thiazole rings is 1. The number of carbonyl (C=O) groups is 2. The van der Waals surface area contributed by atoms with E-state index in [0.717, 1.165) is 10.3 Å². The van der Waals surface area contributed by atoms with Crippen LogP contribution in [0.2, 0.25) is 0 Å². The van der Waals surface area contributed by atoms with E-state index in [9.17, 15) is 14.7 Å². The third-order valence-corrected chi connectivity index (χ3v) is 8.59. The minimum Gasteiger partial charge on any atom is -0.507 e. The number of ether oxygens (including phenoxy) is 4. The normalized spacial score (nSPS) is 17.1. The van der Waals surface area contributed by atoms with E-state index < -0.39 is 17.7 Å². The predicted molar refractivity (Wildman–Crippen MR) is 170 cm³/mol. The van der Waals surface area contributed by atoms with Crippen LogP contribution in [0, 0.1) is 0 Å². The molecular formula is C35H28N2O7S. The molecule has 2 aliphatic rings. The monoisotopic (exact) mass is 620 g/mol. The molecule has 0 spiro atoms. The maximum absolute atomic E-state index is 13.7. The molecule has 0 bridgehead atoms. The van der Waals surface area contributed by atoms with Crippen LogP contribution in [0.1, 0.15) is 29.7 Å². The number of carbonyl (C=O) groups excluding carboxylic acids is 2. The van der Waals surface area contributed by atoms with Crippen LogP contribution in [0.25, 0.3) is 16.0 Å². The predicted octanol–water partition coefficient (Wildman–Crippen LogP) is 6.67. The number of hydrogen-bond acceptors (Lipinski definition) is 9. The first kappa shape index (κ1) is 28.4. The maximum atomic E-state index is 13.7. The van der Waals surface area contributed by atoms with Gasteiger partial charge in [-0.25, -0.2) is 4.98 Å². The number of benzene rings is 4. The van der Waals surface area contributed by atoms with Crippen LogP contribution in [0.5, 0.6) is 23.0 Å². The highest BCUT2D eigenvalue weighted by molar-refractivity contribution is 7.22. The van der Waals surface area contributed by atoms with E-state index in [0.29, 0.717) is 71.2 Å². The first-order chi connectivity index (χ1) is 22.0. The molecule has 3 heterocycles. The number of anilines is 1. The number of Topliss-reactive ketones (excluding diaryl/α,β-unsaturated/α-hetero) is 1. The van der Waals surface area contributed by atoms with E-state index in [2.05, 4.69) is 0 Å². The fraction of sp³-hybridized carbons (Fsp3) is 0.171. The van der Waals surface area contributed by atoms with Crippen LogP contribution in [0.15, 0.2) is 96.6 Å². The molecule has 0 aliphatic carbocycles. The van der Waals surface area contributed by atoms with Gasteiger partial charge in [0.15, 0.2) is 16.6 Å². The highest BCUT2D eigenvalue weighted by atomic mass is 32.1. The van der Waals surface area contributed by atoms with Gasteiger partial charge in [0.05, 0.1) is 28.4 Å². The van der Waals surface area contributed by atoms with Crippen LogP contribution in [0.4, 0.5) is 5.13 Å². The fourth-order valence-electron chi connectivity index (χ4n) is 5.43. The molecule has 226 valence electrons. The molecule has 4 aromatic carbocycles. The molecule has 1 unspecified atom stereocenters. The number of nitrogens with zero attached hydrogens (tertiary/aromatic N) is 2. The summed E-state index contributed by atoms with van der Waals surface area (Å²) in [6, 6.07) is 26.4. The molecule has 1 fully saturated rings. The number of aliphatic hydroxyl groups is 1. The summed E-state index contributed by atoms with van der Waals surface area (Å²) < 4.78 is 23.7. The Morgan fingerprint density at radius 1 is 0.911 bits per heavy atom. The van der Waals surface area contributed by atoms with Crippen LogP contribution in [-0.2, 0) is 16.2 Å². The van der Waals surface area contributed by atoms with Crippen LogP contribution >= 0.6 is 11.3 Å². The van der Waals surface area contributed by atoms with Crippen molar-refractivity contribution in [3.8, 4) is 23.0 Å². The van der Waals surface area contributed by atoms with Crippen LogP contribution < -0.4 is 23.8 Å². The molecule has 1 atom stereocenters. The van der Waals surface area contributed by atoms with Gasteiger partial charge in [0, 0.05) is 5.56 Å². The van der Waals surface area contributed by atoms with Crippen molar-refractivity contribution in [1.29, 1.82) is 0 Å². The highest BCUT2D eigenvalue weighted by Gasteiger charge is 2.48. The third-order valence-electron chi connectivity index (χ3n) is 7.57. The molecule has 0 radical (unpaired) electrons. The van der Waals surface area contributed by atoms with Gasteiger partial charge in [0.25, 0.3) is 5.78 Å². The SMILES string of the molecule is CCOc1ccc2nc(N3C(=O)C(=O)/C(=C(\O)c4ccc5c(c4)OCCO5)C3c3ccc(OCc4ccccc4)cc3)sc2c1. The van der Waals surface area contributed by atoms with Crippen molar-refractivity contribution in [2.45, 2.75) is 19.6 Å². The summed E-state index contributed by atoms with van der Waals surface area (Å²) in [5.41, 5.74) is 2.57. The van der Waals surface area contributed by atoms with Gasteiger partial charge in [-0.2, -0.15) is 0 Å². The molecule has 9 nitrogen and oxygen atoms in total. The molecule has 45 heavy (non-hydrogen) atoms. The quantitative estimate of drug-likeness (QED) is 0.116. The average molecular weight is 621 g/mol. The smallest absolute Gasteiger partial charge is 0.301 e. The second-order valence-electron chi connectivity index (χ2n) is 10.4. The largest absolute Gasteiger partial charge is 0.507 e. The molecule has 0 saturated carbocycles. The average Bonchev–Trinajstić information content (AvgIpc) is 3.61.